The number of thiazole rings is 1. The Morgan fingerprint density at radius 1 is 1.42 bits per heavy atom. The normalized spacial score (nSPS) is 16.2. The average Bonchev–Trinajstić information content (AvgIpc) is 3.22. The summed E-state index contributed by atoms with van der Waals surface area (Å²) in [5, 5.41) is 16.8. The molecular weight excluding hydrogens is 326 g/mol. The highest BCUT2D eigenvalue weighted by molar-refractivity contribution is 7.11. The lowest BCUT2D eigenvalue weighted by molar-refractivity contribution is 0.0367. The molecule has 2 amide bonds. The van der Waals surface area contributed by atoms with Crippen LogP contribution in [0.3, 0.4) is 0 Å². The molecule has 3 N–H and O–H groups in total. The minimum Gasteiger partial charge on any atom is -0.466 e. The summed E-state index contributed by atoms with van der Waals surface area (Å²) in [5.41, 5.74) is 0.0232. The molecule has 24 heavy (non-hydrogen) atoms. The van der Waals surface area contributed by atoms with Gasteiger partial charge in [0, 0.05) is 17.8 Å². The van der Waals surface area contributed by atoms with Gasteiger partial charge in [0.2, 0.25) is 0 Å². The maximum absolute atomic E-state index is 11.9. The number of carbonyl (C=O) groups excluding carboxylic acids is 1. The molecule has 0 aliphatic heterocycles. The first kappa shape index (κ1) is 17.0. The molecule has 0 radical (unpaired) electrons. The van der Waals surface area contributed by atoms with Crippen LogP contribution in [-0.4, -0.2) is 29.2 Å². The maximum atomic E-state index is 11.9. The smallest absolute Gasteiger partial charge is 0.314 e. The Bertz CT molecular complexity index is 656. The highest BCUT2D eigenvalue weighted by atomic mass is 32.1. The van der Waals surface area contributed by atoms with Crippen LogP contribution < -0.4 is 10.6 Å². The number of hydrogen-bond acceptors (Lipinski definition) is 5. The molecule has 3 rings (SSSR count). The molecule has 0 saturated heterocycles. The number of aliphatic hydroxyl groups is 1. The van der Waals surface area contributed by atoms with Crippen molar-refractivity contribution >= 4 is 17.4 Å². The van der Waals surface area contributed by atoms with Crippen molar-refractivity contribution in [1.29, 1.82) is 0 Å². The summed E-state index contributed by atoms with van der Waals surface area (Å²) in [6.07, 6.45) is 6.94. The first-order chi connectivity index (χ1) is 11.5. The van der Waals surface area contributed by atoms with Crippen LogP contribution in [0.1, 0.15) is 41.1 Å². The summed E-state index contributed by atoms with van der Waals surface area (Å²) in [6, 6.07) is 3.09. The van der Waals surface area contributed by atoms with Crippen LogP contribution in [0.25, 0.3) is 0 Å². The van der Waals surface area contributed by atoms with E-state index < -0.39 is 5.60 Å². The van der Waals surface area contributed by atoms with E-state index in [0.717, 1.165) is 24.3 Å². The van der Waals surface area contributed by atoms with E-state index in [9.17, 15) is 9.90 Å². The van der Waals surface area contributed by atoms with Gasteiger partial charge in [-0.3, -0.25) is 0 Å². The number of urea groups is 1. The molecule has 130 valence electrons. The van der Waals surface area contributed by atoms with Crippen molar-refractivity contribution in [1.82, 2.24) is 15.6 Å². The zero-order chi connectivity index (χ0) is 17.0. The van der Waals surface area contributed by atoms with Gasteiger partial charge < -0.3 is 20.2 Å². The summed E-state index contributed by atoms with van der Waals surface area (Å²) in [5.74, 6) is 0.427. The zero-order valence-electron chi connectivity index (χ0n) is 13.8. The Hall–Kier alpha value is -1.86. The van der Waals surface area contributed by atoms with Gasteiger partial charge >= 0.3 is 6.03 Å². The zero-order valence-corrected chi connectivity index (χ0v) is 14.6. The highest BCUT2D eigenvalue weighted by Gasteiger charge is 2.26. The predicted molar refractivity (Wildman–Crippen MR) is 92.1 cm³/mol. The number of nitrogens with zero attached hydrogens (tertiary/aromatic N) is 1. The maximum Gasteiger partial charge on any atom is 0.314 e. The Labute approximate surface area is 145 Å². The molecule has 7 heteroatoms. The second-order valence-electron chi connectivity index (χ2n) is 6.30. The van der Waals surface area contributed by atoms with Gasteiger partial charge in [-0.15, -0.1) is 11.3 Å². The molecule has 2 heterocycles. The van der Waals surface area contributed by atoms with E-state index in [1.165, 1.54) is 29.7 Å². The molecule has 0 fully saturated rings. The third kappa shape index (κ3) is 4.15. The number of carbonyl (C=O) groups is 1. The van der Waals surface area contributed by atoms with Crippen molar-refractivity contribution in [2.24, 2.45) is 0 Å². The molecule has 2 aromatic rings. The van der Waals surface area contributed by atoms with E-state index in [4.69, 9.17) is 4.42 Å². The van der Waals surface area contributed by atoms with Crippen molar-refractivity contribution < 1.29 is 14.3 Å². The Balaban J connectivity index is 1.40. The number of aromatic nitrogens is 1. The first-order valence-corrected chi connectivity index (χ1v) is 9.12. The van der Waals surface area contributed by atoms with Gasteiger partial charge in [0.05, 0.1) is 23.5 Å². The van der Waals surface area contributed by atoms with Crippen LogP contribution in [0.15, 0.2) is 22.8 Å². The number of furan rings is 1. The number of aryl methyl sites for hydroxylation is 2. The standard InChI is InChI=1S/C17H23N3O3S/c1-17(22,14-7-4-10-23-14)11-19-16(21)18-9-8-15-20-12-5-2-3-6-13(12)24-15/h4,7,10,22H,2-3,5-6,8-9,11H2,1H3,(H2,18,19,21). The van der Waals surface area contributed by atoms with Gasteiger partial charge in [-0.25, -0.2) is 9.78 Å². The van der Waals surface area contributed by atoms with Gasteiger partial charge in [-0.2, -0.15) is 0 Å². The van der Waals surface area contributed by atoms with Crippen molar-refractivity contribution in [3.63, 3.8) is 0 Å². The third-order valence-electron chi connectivity index (χ3n) is 4.16. The fraction of sp³-hybridized carbons (Fsp3) is 0.529. The summed E-state index contributed by atoms with van der Waals surface area (Å²) in [4.78, 5) is 17.9. The van der Waals surface area contributed by atoms with Gasteiger partial charge in [0.25, 0.3) is 0 Å². The molecule has 0 spiro atoms. The second-order valence-corrected chi connectivity index (χ2v) is 7.46. The molecule has 0 saturated carbocycles. The Morgan fingerprint density at radius 2 is 2.25 bits per heavy atom. The molecule has 1 unspecified atom stereocenters. The molecular formula is C17H23N3O3S. The van der Waals surface area contributed by atoms with E-state index in [1.54, 1.807) is 30.4 Å². The quantitative estimate of drug-likeness (QED) is 0.747. The number of nitrogens with one attached hydrogen (secondary N) is 2. The van der Waals surface area contributed by atoms with Crippen molar-refractivity contribution in [2.75, 3.05) is 13.1 Å². The summed E-state index contributed by atoms with van der Waals surface area (Å²) < 4.78 is 5.18. The van der Waals surface area contributed by atoms with E-state index in [1.807, 2.05) is 0 Å². The SMILES string of the molecule is CC(O)(CNC(=O)NCCc1nc2c(s1)CCCC2)c1ccco1. The Morgan fingerprint density at radius 3 is 3.00 bits per heavy atom. The third-order valence-corrected chi connectivity index (χ3v) is 5.38. The summed E-state index contributed by atoms with van der Waals surface area (Å²) in [6.45, 7) is 2.21. The molecule has 1 atom stereocenters. The fourth-order valence-corrected chi connectivity index (χ4v) is 3.94. The Kier molecular flexibility index (Phi) is 5.20. The molecule has 0 aromatic carbocycles. The second kappa shape index (κ2) is 7.36. The lowest BCUT2D eigenvalue weighted by Gasteiger charge is -2.21. The lowest BCUT2D eigenvalue weighted by Crippen LogP contribution is -2.43. The number of fused-ring (bicyclic) bond motifs is 1. The molecule has 2 aromatic heterocycles. The first-order valence-electron chi connectivity index (χ1n) is 8.30. The van der Waals surface area contributed by atoms with Crippen LogP contribution in [0.2, 0.25) is 0 Å². The van der Waals surface area contributed by atoms with Crippen LogP contribution in [0.4, 0.5) is 4.79 Å². The van der Waals surface area contributed by atoms with E-state index >= 15 is 0 Å². The van der Waals surface area contributed by atoms with Gasteiger partial charge in [-0.1, -0.05) is 0 Å². The van der Waals surface area contributed by atoms with Crippen LogP contribution in [-0.2, 0) is 24.9 Å². The van der Waals surface area contributed by atoms with Gasteiger partial charge in [0.1, 0.15) is 11.4 Å². The average molecular weight is 349 g/mol. The largest absolute Gasteiger partial charge is 0.466 e. The van der Waals surface area contributed by atoms with Crippen molar-refractivity contribution in [3.8, 4) is 0 Å². The number of amides is 2. The predicted octanol–water partition coefficient (Wildman–Crippen LogP) is 2.36. The van der Waals surface area contributed by atoms with Crippen LogP contribution >= 0.6 is 11.3 Å². The van der Waals surface area contributed by atoms with Gasteiger partial charge in [0.15, 0.2) is 0 Å². The van der Waals surface area contributed by atoms with E-state index in [0.29, 0.717) is 12.3 Å². The van der Waals surface area contributed by atoms with Crippen molar-refractivity contribution in [3.05, 3.63) is 39.7 Å². The molecule has 0 bridgehead atoms. The van der Waals surface area contributed by atoms with E-state index in [-0.39, 0.29) is 12.6 Å². The summed E-state index contributed by atoms with van der Waals surface area (Å²) >= 11 is 1.77. The van der Waals surface area contributed by atoms with Crippen molar-refractivity contribution in [2.45, 2.75) is 44.6 Å². The lowest BCUT2D eigenvalue weighted by atomic mass is 10.0. The fourth-order valence-electron chi connectivity index (χ4n) is 2.78. The molecule has 1 aliphatic rings. The van der Waals surface area contributed by atoms with E-state index in [2.05, 4.69) is 15.6 Å². The van der Waals surface area contributed by atoms with Crippen LogP contribution in [0.5, 0.6) is 0 Å². The topological polar surface area (TPSA) is 87.4 Å². The number of hydrogen-bond donors (Lipinski definition) is 3. The molecule has 6 nitrogen and oxygen atoms in total. The number of rotatable bonds is 6. The van der Waals surface area contributed by atoms with Crippen LogP contribution in [0, 0.1) is 0 Å². The minimum atomic E-state index is -1.23. The highest BCUT2D eigenvalue weighted by Crippen LogP contribution is 2.26. The molecule has 1 aliphatic carbocycles. The van der Waals surface area contributed by atoms with Gasteiger partial charge in [-0.05, 0) is 44.7 Å². The summed E-state index contributed by atoms with van der Waals surface area (Å²) in [7, 11) is 0. The minimum absolute atomic E-state index is 0.0812. The monoisotopic (exact) mass is 349 g/mol.